The minimum atomic E-state index is -0.859. The van der Waals surface area contributed by atoms with Gasteiger partial charge in [0.15, 0.2) is 0 Å². The summed E-state index contributed by atoms with van der Waals surface area (Å²) in [4.78, 5) is 0. The lowest BCUT2D eigenvalue weighted by atomic mass is 9.46. The van der Waals surface area contributed by atoms with Crippen LogP contribution in [-0.4, -0.2) is 8.07 Å². The van der Waals surface area contributed by atoms with Crippen LogP contribution in [-0.2, 0) is 6.42 Å². The van der Waals surface area contributed by atoms with Gasteiger partial charge in [0.2, 0.25) is 0 Å². The molecule has 1 aromatic rings. The standard InChI is InChI=1S/C12H20.C11H16.C7H18Si/c1-12(2)10-4-8-3-9(6-10)7-11(12)5-8;1-11(2,3)9-10-7-5-4-6-8-10;1-7(2,3)8(4,5)6/h8-11H,3-7H2,1-2H3;4-8H,9H2,1-3H3;1-6H3. The largest absolute Gasteiger partial charge is 0.0692 e. The van der Waals surface area contributed by atoms with E-state index in [9.17, 15) is 0 Å². The average molecular weight is 443 g/mol. The molecule has 4 aliphatic carbocycles. The van der Waals surface area contributed by atoms with Crippen LogP contribution >= 0.6 is 0 Å². The zero-order valence-electron chi connectivity index (χ0n) is 22.9. The third kappa shape index (κ3) is 7.76. The van der Waals surface area contributed by atoms with Crippen molar-refractivity contribution >= 4 is 8.07 Å². The van der Waals surface area contributed by atoms with E-state index < -0.39 is 8.07 Å². The summed E-state index contributed by atoms with van der Waals surface area (Å²) in [5, 5.41) is 0.576. The average Bonchev–Trinajstić information content (AvgIpc) is 2.58. The lowest BCUT2D eigenvalue weighted by molar-refractivity contribution is -0.0876. The highest BCUT2D eigenvalue weighted by atomic mass is 28.3. The van der Waals surface area contributed by atoms with Gasteiger partial charge in [-0.25, -0.2) is 0 Å². The molecule has 0 unspecified atom stereocenters. The molecule has 4 bridgehead atoms. The summed E-state index contributed by atoms with van der Waals surface area (Å²) in [5.41, 5.74) is 2.54. The van der Waals surface area contributed by atoms with Crippen LogP contribution in [0, 0.1) is 34.5 Å². The van der Waals surface area contributed by atoms with E-state index in [1.165, 1.54) is 5.56 Å². The molecule has 4 aliphatic rings. The third-order valence-corrected chi connectivity index (χ3v) is 13.6. The van der Waals surface area contributed by atoms with Gasteiger partial charge in [0, 0.05) is 8.07 Å². The number of rotatable bonds is 1. The van der Waals surface area contributed by atoms with Gasteiger partial charge in [-0.15, -0.1) is 0 Å². The van der Waals surface area contributed by atoms with Gasteiger partial charge in [-0.05, 0) is 83.6 Å². The van der Waals surface area contributed by atoms with Crippen LogP contribution in [0.2, 0.25) is 24.7 Å². The lowest BCUT2D eigenvalue weighted by Gasteiger charge is -2.59. The highest BCUT2D eigenvalue weighted by Crippen LogP contribution is 2.61. The van der Waals surface area contributed by atoms with Crippen molar-refractivity contribution in [1.29, 1.82) is 0 Å². The molecule has 0 saturated heterocycles. The molecule has 0 N–H and O–H groups in total. The monoisotopic (exact) mass is 442 g/mol. The molecule has 0 nitrogen and oxygen atoms in total. The maximum Gasteiger partial charge on any atom is 0.0496 e. The van der Waals surface area contributed by atoms with Crippen molar-refractivity contribution in [3.63, 3.8) is 0 Å². The summed E-state index contributed by atoms with van der Waals surface area (Å²) < 4.78 is 0. The van der Waals surface area contributed by atoms with Gasteiger partial charge < -0.3 is 0 Å². The van der Waals surface area contributed by atoms with Crippen molar-refractivity contribution in [2.24, 2.45) is 34.5 Å². The van der Waals surface area contributed by atoms with Crippen molar-refractivity contribution in [3.05, 3.63) is 35.9 Å². The quantitative estimate of drug-likeness (QED) is 0.379. The number of benzene rings is 1. The van der Waals surface area contributed by atoms with Crippen molar-refractivity contribution in [3.8, 4) is 0 Å². The van der Waals surface area contributed by atoms with Crippen molar-refractivity contribution in [2.75, 3.05) is 0 Å². The number of hydrogen-bond donors (Lipinski definition) is 0. The first-order valence-corrected chi connectivity index (χ1v) is 16.5. The predicted molar refractivity (Wildman–Crippen MR) is 143 cm³/mol. The van der Waals surface area contributed by atoms with Crippen LogP contribution in [0.4, 0.5) is 0 Å². The third-order valence-electron chi connectivity index (χ3n) is 9.07. The number of hydrogen-bond acceptors (Lipinski definition) is 0. The molecule has 4 fully saturated rings. The Morgan fingerprint density at radius 3 is 1.45 bits per heavy atom. The Bertz CT molecular complexity index is 621. The summed E-state index contributed by atoms with van der Waals surface area (Å²) in [6.07, 6.45) is 9.02. The summed E-state index contributed by atoms with van der Waals surface area (Å²) in [7, 11) is -0.859. The van der Waals surface area contributed by atoms with Crippen LogP contribution in [0.25, 0.3) is 0 Å². The highest BCUT2D eigenvalue weighted by molar-refractivity contribution is 6.78. The van der Waals surface area contributed by atoms with E-state index >= 15 is 0 Å². The van der Waals surface area contributed by atoms with Gasteiger partial charge in [-0.3, -0.25) is 0 Å². The van der Waals surface area contributed by atoms with E-state index in [2.05, 4.69) is 105 Å². The SMILES string of the molecule is CC(C)(C)Cc1ccccc1.CC(C)(C)[Si](C)(C)C.CC1(C)C2CC3CC(C2)CC1C3. The van der Waals surface area contributed by atoms with Crippen LogP contribution < -0.4 is 0 Å². The highest BCUT2D eigenvalue weighted by Gasteiger charge is 2.52. The fourth-order valence-electron chi connectivity index (χ4n) is 5.61. The smallest absolute Gasteiger partial charge is 0.0496 e. The normalized spacial score (nSPS) is 28.9. The lowest BCUT2D eigenvalue weighted by Crippen LogP contribution is -2.49. The van der Waals surface area contributed by atoms with E-state index in [0.29, 0.717) is 15.9 Å². The molecular weight excluding hydrogens is 388 g/mol. The van der Waals surface area contributed by atoms with E-state index in [0.717, 1.165) is 30.1 Å². The second kappa shape index (κ2) is 9.74. The molecule has 1 heteroatoms. The minimum Gasteiger partial charge on any atom is -0.0692 e. The molecular formula is C30H54Si. The topological polar surface area (TPSA) is 0 Å². The van der Waals surface area contributed by atoms with Gasteiger partial charge >= 0.3 is 0 Å². The molecule has 0 aromatic heterocycles. The van der Waals surface area contributed by atoms with Gasteiger partial charge in [-0.1, -0.05) is 105 Å². The predicted octanol–water partition coefficient (Wildman–Crippen LogP) is 9.87. The second-order valence-corrected chi connectivity index (χ2v) is 20.8. The molecule has 0 radical (unpaired) electrons. The Hall–Kier alpha value is -0.563. The fourth-order valence-corrected chi connectivity index (χ4v) is 5.61. The van der Waals surface area contributed by atoms with Crippen LogP contribution in [0.5, 0.6) is 0 Å². The summed E-state index contributed by atoms with van der Waals surface area (Å²) >= 11 is 0. The first kappa shape index (κ1) is 26.7. The zero-order chi connectivity index (χ0) is 23.7. The molecule has 178 valence electrons. The molecule has 4 saturated carbocycles. The molecule has 0 heterocycles. The van der Waals surface area contributed by atoms with E-state index in [1.54, 1.807) is 32.1 Å². The van der Waals surface area contributed by atoms with Crippen LogP contribution in [0.1, 0.15) is 93.1 Å². The Morgan fingerprint density at radius 2 is 1.13 bits per heavy atom. The van der Waals surface area contributed by atoms with Crippen LogP contribution in [0.3, 0.4) is 0 Å². The van der Waals surface area contributed by atoms with Gasteiger partial charge in [-0.2, -0.15) is 0 Å². The van der Waals surface area contributed by atoms with Gasteiger partial charge in [0.1, 0.15) is 0 Å². The van der Waals surface area contributed by atoms with Crippen molar-refractivity contribution in [1.82, 2.24) is 0 Å². The summed E-state index contributed by atoms with van der Waals surface area (Å²) in [5.74, 6) is 4.46. The first-order valence-electron chi connectivity index (χ1n) is 13.0. The zero-order valence-corrected chi connectivity index (χ0v) is 23.9. The molecule has 1 aromatic carbocycles. The molecule has 0 atom stereocenters. The molecule has 0 spiro atoms. The molecule has 5 rings (SSSR count). The molecule has 0 aliphatic heterocycles. The molecule has 0 amide bonds. The Kier molecular flexibility index (Phi) is 8.38. The van der Waals surface area contributed by atoms with Gasteiger partial charge in [0.05, 0.1) is 0 Å². The maximum atomic E-state index is 2.53. The Labute approximate surface area is 197 Å². The molecule has 31 heavy (non-hydrogen) atoms. The van der Waals surface area contributed by atoms with E-state index in [-0.39, 0.29) is 0 Å². The fraction of sp³-hybridized carbons (Fsp3) is 0.800. The Balaban J connectivity index is 0.000000170. The van der Waals surface area contributed by atoms with E-state index in [4.69, 9.17) is 0 Å². The van der Waals surface area contributed by atoms with E-state index in [1.807, 2.05) is 0 Å². The summed E-state index contributed by atoms with van der Waals surface area (Å²) in [6, 6.07) is 10.6. The maximum absolute atomic E-state index is 2.53. The van der Waals surface area contributed by atoms with Gasteiger partial charge in [0.25, 0.3) is 0 Å². The Morgan fingerprint density at radius 1 is 0.742 bits per heavy atom. The van der Waals surface area contributed by atoms with Crippen LogP contribution in [0.15, 0.2) is 30.3 Å². The summed E-state index contributed by atoms with van der Waals surface area (Å²) in [6.45, 7) is 26.1. The second-order valence-electron chi connectivity index (χ2n) is 14.8. The van der Waals surface area contributed by atoms with Crippen molar-refractivity contribution in [2.45, 2.75) is 119 Å². The van der Waals surface area contributed by atoms with Crippen molar-refractivity contribution < 1.29 is 0 Å². The first-order chi connectivity index (χ1) is 14.0. The minimum absolute atomic E-state index is 0.404.